The van der Waals surface area contributed by atoms with E-state index in [-0.39, 0.29) is 11.9 Å². The molecule has 0 aromatic heterocycles. The minimum Gasteiger partial charge on any atom is -0.388 e. The highest BCUT2D eigenvalue weighted by Gasteiger charge is 2.41. The molecule has 1 amide bonds. The average molecular weight is 185 g/mol. The zero-order valence-corrected chi connectivity index (χ0v) is 7.77. The highest BCUT2D eigenvalue weighted by atomic mass is 16.5. The molecule has 1 saturated carbocycles. The Hall–Kier alpha value is -0.610. The molecule has 74 valence electrons. The SMILES string of the molecule is CC(=O)N(C1CC1)C1COCC1O. The van der Waals surface area contributed by atoms with Gasteiger partial charge < -0.3 is 14.7 Å². The lowest BCUT2D eigenvalue weighted by Crippen LogP contribution is -2.46. The van der Waals surface area contributed by atoms with Gasteiger partial charge in [0, 0.05) is 13.0 Å². The van der Waals surface area contributed by atoms with Gasteiger partial charge in [-0.3, -0.25) is 4.79 Å². The number of carbonyl (C=O) groups excluding carboxylic acids is 1. The zero-order chi connectivity index (χ0) is 9.42. The van der Waals surface area contributed by atoms with E-state index in [1.807, 2.05) is 0 Å². The second-order valence-corrected chi connectivity index (χ2v) is 3.83. The number of aliphatic hydroxyl groups excluding tert-OH is 1. The number of hydrogen-bond donors (Lipinski definition) is 1. The monoisotopic (exact) mass is 185 g/mol. The predicted octanol–water partition coefficient (Wildman–Crippen LogP) is -0.243. The van der Waals surface area contributed by atoms with Gasteiger partial charge in [0.25, 0.3) is 0 Å². The molecule has 2 atom stereocenters. The summed E-state index contributed by atoms with van der Waals surface area (Å²) < 4.78 is 5.13. The van der Waals surface area contributed by atoms with Crippen molar-refractivity contribution in [2.24, 2.45) is 0 Å². The van der Waals surface area contributed by atoms with Gasteiger partial charge in [-0.15, -0.1) is 0 Å². The van der Waals surface area contributed by atoms with Crippen molar-refractivity contribution in [3.8, 4) is 0 Å². The van der Waals surface area contributed by atoms with Gasteiger partial charge in [0.2, 0.25) is 5.91 Å². The Balaban J connectivity index is 2.05. The molecule has 0 aromatic rings. The fourth-order valence-corrected chi connectivity index (χ4v) is 1.91. The quantitative estimate of drug-likeness (QED) is 0.645. The Morgan fingerprint density at radius 1 is 1.46 bits per heavy atom. The van der Waals surface area contributed by atoms with Crippen LogP contribution in [0.2, 0.25) is 0 Å². The summed E-state index contributed by atoms with van der Waals surface area (Å²) in [6, 6.07) is 0.254. The first-order chi connectivity index (χ1) is 6.20. The molecule has 1 N–H and O–H groups in total. The molecule has 4 heteroatoms. The number of rotatable bonds is 2. The minimum atomic E-state index is -0.496. The number of hydrogen-bond acceptors (Lipinski definition) is 3. The molecule has 1 aliphatic heterocycles. The maximum absolute atomic E-state index is 11.3. The van der Waals surface area contributed by atoms with Crippen LogP contribution in [-0.2, 0) is 9.53 Å². The summed E-state index contributed by atoms with van der Waals surface area (Å²) in [5.74, 6) is 0.0528. The second-order valence-electron chi connectivity index (χ2n) is 3.83. The van der Waals surface area contributed by atoms with E-state index in [9.17, 15) is 9.90 Å². The van der Waals surface area contributed by atoms with Crippen LogP contribution in [0, 0.1) is 0 Å². The molecular weight excluding hydrogens is 170 g/mol. The van der Waals surface area contributed by atoms with Gasteiger partial charge in [0.05, 0.1) is 25.4 Å². The first-order valence-corrected chi connectivity index (χ1v) is 4.75. The molecule has 4 nitrogen and oxygen atoms in total. The highest BCUT2D eigenvalue weighted by molar-refractivity contribution is 5.74. The van der Waals surface area contributed by atoms with Crippen LogP contribution < -0.4 is 0 Å². The van der Waals surface area contributed by atoms with E-state index < -0.39 is 6.10 Å². The maximum Gasteiger partial charge on any atom is 0.220 e. The van der Waals surface area contributed by atoms with Crippen molar-refractivity contribution in [3.63, 3.8) is 0 Å². The zero-order valence-electron chi connectivity index (χ0n) is 7.77. The first-order valence-electron chi connectivity index (χ1n) is 4.75. The molecule has 0 bridgehead atoms. The van der Waals surface area contributed by atoms with Crippen LogP contribution in [-0.4, -0.2) is 47.3 Å². The van der Waals surface area contributed by atoms with E-state index in [0.29, 0.717) is 19.3 Å². The van der Waals surface area contributed by atoms with Gasteiger partial charge in [-0.2, -0.15) is 0 Å². The fraction of sp³-hybridized carbons (Fsp3) is 0.889. The van der Waals surface area contributed by atoms with Gasteiger partial charge in [-0.25, -0.2) is 0 Å². The third-order valence-electron chi connectivity index (χ3n) is 2.68. The van der Waals surface area contributed by atoms with E-state index in [4.69, 9.17) is 4.74 Å². The van der Waals surface area contributed by atoms with E-state index in [1.165, 1.54) is 0 Å². The molecule has 1 saturated heterocycles. The van der Waals surface area contributed by atoms with Crippen LogP contribution in [0.3, 0.4) is 0 Å². The molecule has 1 aliphatic carbocycles. The van der Waals surface area contributed by atoms with E-state index >= 15 is 0 Å². The van der Waals surface area contributed by atoms with Crippen molar-refractivity contribution in [3.05, 3.63) is 0 Å². The smallest absolute Gasteiger partial charge is 0.220 e. The Labute approximate surface area is 77.5 Å². The van der Waals surface area contributed by atoms with Crippen LogP contribution >= 0.6 is 0 Å². The molecule has 2 aliphatic rings. The van der Waals surface area contributed by atoms with Gasteiger partial charge in [0.1, 0.15) is 0 Å². The molecular formula is C9H15NO3. The Bertz CT molecular complexity index is 215. The standard InChI is InChI=1S/C9H15NO3/c1-6(11)10(7-2-3-7)8-4-13-5-9(8)12/h7-9,12H,2-5H2,1H3. The normalized spacial score (nSPS) is 33.4. The summed E-state index contributed by atoms with van der Waals surface area (Å²) in [5, 5.41) is 9.57. The Kier molecular flexibility index (Phi) is 2.26. The van der Waals surface area contributed by atoms with E-state index in [2.05, 4.69) is 0 Å². The number of amides is 1. The van der Waals surface area contributed by atoms with E-state index in [1.54, 1.807) is 11.8 Å². The summed E-state index contributed by atoms with van der Waals surface area (Å²) in [5.41, 5.74) is 0. The number of aliphatic hydroxyl groups is 1. The predicted molar refractivity (Wildman–Crippen MR) is 46.2 cm³/mol. The summed E-state index contributed by atoms with van der Waals surface area (Å²) in [6.07, 6.45) is 1.65. The Morgan fingerprint density at radius 2 is 2.15 bits per heavy atom. The third kappa shape index (κ3) is 1.69. The summed E-state index contributed by atoms with van der Waals surface area (Å²) in [4.78, 5) is 13.1. The van der Waals surface area contributed by atoms with Crippen molar-refractivity contribution < 1.29 is 14.6 Å². The fourth-order valence-electron chi connectivity index (χ4n) is 1.91. The molecule has 2 rings (SSSR count). The second kappa shape index (κ2) is 3.27. The summed E-state index contributed by atoms with van der Waals surface area (Å²) in [6.45, 7) is 2.40. The van der Waals surface area contributed by atoms with Crippen LogP contribution in [0.1, 0.15) is 19.8 Å². The number of carbonyl (C=O) groups is 1. The molecule has 0 spiro atoms. The first kappa shape index (κ1) is 8.97. The van der Waals surface area contributed by atoms with Crippen LogP contribution in [0.25, 0.3) is 0 Å². The molecule has 0 radical (unpaired) electrons. The lowest BCUT2D eigenvalue weighted by molar-refractivity contribution is -0.133. The van der Waals surface area contributed by atoms with E-state index in [0.717, 1.165) is 12.8 Å². The van der Waals surface area contributed by atoms with Gasteiger partial charge in [0.15, 0.2) is 0 Å². The molecule has 0 aromatic carbocycles. The van der Waals surface area contributed by atoms with Crippen molar-refractivity contribution >= 4 is 5.91 Å². The lowest BCUT2D eigenvalue weighted by Gasteiger charge is -2.28. The topological polar surface area (TPSA) is 49.8 Å². The van der Waals surface area contributed by atoms with Crippen molar-refractivity contribution in [1.29, 1.82) is 0 Å². The van der Waals surface area contributed by atoms with Crippen LogP contribution in [0.5, 0.6) is 0 Å². The average Bonchev–Trinajstić information content (AvgIpc) is 2.78. The third-order valence-corrected chi connectivity index (χ3v) is 2.68. The largest absolute Gasteiger partial charge is 0.388 e. The molecule has 13 heavy (non-hydrogen) atoms. The Morgan fingerprint density at radius 3 is 2.54 bits per heavy atom. The van der Waals surface area contributed by atoms with Crippen molar-refractivity contribution in [2.45, 2.75) is 38.0 Å². The lowest BCUT2D eigenvalue weighted by atomic mass is 10.2. The maximum atomic E-state index is 11.3. The van der Waals surface area contributed by atoms with Crippen molar-refractivity contribution in [2.75, 3.05) is 13.2 Å². The molecule has 2 fully saturated rings. The molecule has 1 heterocycles. The number of nitrogens with zero attached hydrogens (tertiary/aromatic N) is 1. The summed E-state index contributed by atoms with van der Waals surface area (Å²) >= 11 is 0. The van der Waals surface area contributed by atoms with Crippen LogP contribution in [0.15, 0.2) is 0 Å². The number of ether oxygens (including phenoxy) is 1. The van der Waals surface area contributed by atoms with Crippen LogP contribution in [0.4, 0.5) is 0 Å². The summed E-state index contributed by atoms with van der Waals surface area (Å²) in [7, 11) is 0. The van der Waals surface area contributed by atoms with Gasteiger partial charge in [-0.1, -0.05) is 0 Å². The highest BCUT2D eigenvalue weighted by Crippen LogP contribution is 2.31. The van der Waals surface area contributed by atoms with Gasteiger partial charge >= 0.3 is 0 Å². The molecule has 2 unspecified atom stereocenters. The van der Waals surface area contributed by atoms with Crippen molar-refractivity contribution in [1.82, 2.24) is 4.90 Å². The van der Waals surface area contributed by atoms with Gasteiger partial charge in [-0.05, 0) is 12.8 Å². The minimum absolute atomic E-state index is 0.0528.